The first-order chi connectivity index (χ1) is 12.9. The predicted octanol–water partition coefficient (Wildman–Crippen LogP) is 3.48. The van der Waals surface area contributed by atoms with E-state index in [0.29, 0.717) is 17.2 Å². The number of rotatable bonds is 6. The Morgan fingerprint density at radius 1 is 1.33 bits per heavy atom. The summed E-state index contributed by atoms with van der Waals surface area (Å²) in [5.74, 6) is -0.225. The molecule has 1 spiro atoms. The number of thioether (sulfide) groups is 1. The van der Waals surface area contributed by atoms with Crippen LogP contribution in [0.25, 0.3) is 0 Å². The lowest BCUT2D eigenvalue weighted by Gasteiger charge is -2.36. The summed E-state index contributed by atoms with van der Waals surface area (Å²) in [5.41, 5.74) is -0.847. The van der Waals surface area contributed by atoms with Crippen molar-refractivity contribution in [3.8, 4) is 0 Å². The first-order valence-electron chi connectivity index (χ1n) is 9.10. The van der Waals surface area contributed by atoms with Crippen molar-refractivity contribution in [1.82, 2.24) is 10.2 Å². The van der Waals surface area contributed by atoms with Crippen molar-refractivity contribution in [2.24, 2.45) is 5.92 Å². The number of esters is 1. The van der Waals surface area contributed by atoms with E-state index in [2.05, 4.69) is 5.32 Å². The maximum absolute atomic E-state index is 12.8. The summed E-state index contributed by atoms with van der Waals surface area (Å²) in [6.07, 6.45) is 3.48. The van der Waals surface area contributed by atoms with Crippen LogP contribution in [-0.4, -0.2) is 47.3 Å². The molecule has 0 radical (unpaired) electrons. The van der Waals surface area contributed by atoms with Gasteiger partial charge in [0.05, 0.1) is 0 Å². The molecule has 1 aromatic rings. The Bertz CT molecular complexity index is 727. The van der Waals surface area contributed by atoms with E-state index in [9.17, 15) is 14.4 Å². The molecular weight excluding hydrogens is 388 g/mol. The van der Waals surface area contributed by atoms with Crippen LogP contribution in [0.4, 0.5) is 4.79 Å². The number of carbonyl (C=O) groups is 3. The molecule has 1 aliphatic heterocycles. The highest BCUT2D eigenvalue weighted by Crippen LogP contribution is 2.38. The Morgan fingerprint density at radius 2 is 2.07 bits per heavy atom. The van der Waals surface area contributed by atoms with Gasteiger partial charge in [-0.3, -0.25) is 14.5 Å². The molecule has 27 heavy (non-hydrogen) atoms. The zero-order valence-electron chi connectivity index (χ0n) is 15.2. The fourth-order valence-corrected chi connectivity index (χ4v) is 4.52. The zero-order valence-corrected chi connectivity index (χ0v) is 16.8. The molecule has 0 aromatic heterocycles. The minimum Gasteiger partial charge on any atom is -0.463 e. The van der Waals surface area contributed by atoms with E-state index in [1.54, 1.807) is 12.1 Å². The Kier molecular flexibility index (Phi) is 6.32. The van der Waals surface area contributed by atoms with E-state index >= 15 is 0 Å². The van der Waals surface area contributed by atoms with Crippen molar-refractivity contribution in [3.05, 3.63) is 29.3 Å². The number of carbonyl (C=O) groups excluding carboxylic acids is 3. The third-order valence-electron chi connectivity index (χ3n) is 5.22. The van der Waals surface area contributed by atoms with E-state index in [-0.39, 0.29) is 25.0 Å². The number of imide groups is 1. The first kappa shape index (κ1) is 20.0. The van der Waals surface area contributed by atoms with E-state index in [1.165, 1.54) is 11.8 Å². The zero-order chi connectivity index (χ0) is 19.4. The molecule has 3 amide bonds. The SMILES string of the molecule is C[C@H]1CCCC[C@]12NC(=O)N(CC(=O)OCCSc1ccc(Cl)cc1)C2=O. The average Bonchev–Trinajstić information content (AvgIpc) is 2.88. The number of nitrogens with one attached hydrogen (secondary N) is 1. The minimum absolute atomic E-state index is 0.0690. The van der Waals surface area contributed by atoms with Gasteiger partial charge in [0.2, 0.25) is 0 Å². The number of hydrogen-bond donors (Lipinski definition) is 1. The molecular formula is C19H23ClN2O4S. The molecule has 1 N–H and O–H groups in total. The van der Waals surface area contributed by atoms with Crippen LogP contribution < -0.4 is 5.32 Å². The summed E-state index contributed by atoms with van der Waals surface area (Å²) in [5, 5.41) is 3.50. The van der Waals surface area contributed by atoms with Gasteiger partial charge in [-0.15, -0.1) is 11.8 Å². The Labute approximate surface area is 167 Å². The minimum atomic E-state index is -0.847. The number of benzene rings is 1. The average molecular weight is 411 g/mol. The van der Waals surface area contributed by atoms with Gasteiger partial charge in [-0.05, 0) is 43.0 Å². The topological polar surface area (TPSA) is 75.7 Å². The quantitative estimate of drug-likeness (QED) is 0.336. The normalized spacial score (nSPS) is 25.0. The van der Waals surface area contributed by atoms with Crippen LogP contribution in [0.1, 0.15) is 32.6 Å². The van der Waals surface area contributed by atoms with Gasteiger partial charge in [0.25, 0.3) is 5.91 Å². The highest BCUT2D eigenvalue weighted by molar-refractivity contribution is 7.99. The molecule has 3 rings (SSSR count). The third-order valence-corrected chi connectivity index (χ3v) is 6.45. The fourth-order valence-electron chi connectivity index (χ4n) is 3.66. The second-order valence-corrected chi connectivity index (χ2v) is 8.57. The van der Waals surface area contributed by atoms with Gasteiger partial charge in [0.15, 0.2) is 0 Å². The summed E-state index contributed by atoms with van der Waals surface area (Å²) in [6.45, 7) is 1.84. The molecule has 8 heteroatoms. The largest absolute Gasteiger partial charge is 0.463 e. The number of hydrogen-bond acceptors (Lipinski definition) is 5. The first-order valence-corrected chi connectivity index (χ1v) is 10.5. The Morgan fingerprint density at radius 3 is 2.78 bits per heavy atom. The van der Waals surface area contributed by atoms with E-state index in [0.717, 1.165) is 29.1 Å². The number of nitrogens with zero attached hydrogens (tertiary/aromatic N) is 1. The lowest BCUT2D eigenvalue weighted by Crippen LogP contribution is -2.54. The van der Waals surface area contributed by atoms with Crippen LogP contribution in [0.5, 0.6) is 0 Å². The summed E-state index contributed by atoms with van der Waals surface area (Å²) in [6, 6.07) is 6.89. The van der Waals surface area contributed by atoms with Crippen LogP contribution in [0.2, 0.25) is 5.02 Å². The van der Waals surface area contributed by atoms with E-state index in [1.807, 2.05) is 19.1 Å². The molecule has 1 heterocycles. The smallest absolute Gasteiger partial charge is 0.326 e. The molecule has 1 saturated heterocycles. The van der Waals surface area contributed by atoms with Crippen LogP contribution in [0.3, 0.4) is 0 Å². The van der Waals surface area contributed by atoms with Crippen molar-refractivity contribution in [2.75, 3.05) is 18.9 Å². The van der Waals surface area contributed by atoms with Gasteiger partial charge >= 0.3 is 12.0 Å². The lowest BCUT2D eigenvalue weighted by atomic mass is 9.73. The molecule has 0 unspecified atom stereocenters. The van der Waals surface area contributed by atoms with Crippen molar-refractivity contribution in [1.29, 1.82) is 0 Å². The second kappa shape index (κ2) is 8.52. The highest BCUT2D eigenvalue weighted by atomic mass is 35.5. The van der Waals surface area contributed by atoms with Gasteiger partial charge in [0, 0.05) is 15.7 Å². The predicted molar refractivity (Wildman–Crippen MR) is 104 cm³/mol. The summed E-state index contributed by atoms with van der Waals surface area (Å²) in [7, 11) is 0. The van der Waals surface area contributed by atoms with Crippen molar-refractivity contribution in [2.45, 2.75) is 43.0 Å². The Hall–Kier alpha value is -1.73. The summed E-state index contributed by atoms with van der Waals surface area (Å²) in [4.78, 5) is 39.2. The number of urea groups is 1. The molecule has 2 aliphatic rings. The van der Waals surface area contributed by atoms with Gasteiger partial charge in [-0.2, -0.15) is 0 Å². The maximum Gasteiger partial charge on any atom is 0.326 e. The molecule has 1 aliphatic carbocycles. The number of ether oxygens (including phenoxy) is 1. The molecule has 2 fully saturated rings. The molecule has 2 atom stereocenters. The molecule has 1 aromatic carbocycles. The Balaban J connectivity index is 1.47. The standard InChI is InChI=1S/C19H23ClN2O4S/c1-13-4-2-3-9-19(13)17(24)22(18(25)21-19)12-16(23)26-10-11-27-15-7-5-14(20)6-8-15/h5-8,13H,2-4,9-12H2,1H3,(H,21,25)/t13-,19-/m0/s1. The van der Waals surface area contributed by atoms with Crippen LogP contribution in [0.15, 0.2) is 29.2 Å². The van der Waals surface area contributed by atoms with Crippen molar-refractivity contribution in [3.63, 3.8) is 0 Å². The number of amides is 3. The van der Waals surface area contributed by atoms with Gasteiger partial charge in [0.1, 0.15) is 18.7 Å². The van der Waals surface area contributed by atoms with Crippen LogP contribution >= 0.6 is 23.4 Å². The molecule has 146 valence electrons. The van der Waals surface area contributed by atoms with Crippen LogP contribution in [0, 0.1) is 5.92 Å². The highest BCUT2D eigenvalue weighted by Gasteiger charge is 2.55. The van der Waals surface area contributed by atoms with Crippen LogP contribution in [-0.2, 0) is 14.3 Å². The lowest BCUT2D eigenvalue weighted by molar-refractivity contribution is -0.148. The second-order valence-electron chi connectivity index (χ2n) is 6.96. The van der Waals surface area contributed by atoms with E-state index in [4.69, 9.17) is 16.3 Å². The third kappa shape index (κ3) is 4.41. The van der Waals surface area contributed by atoms with Gasteiger partial charge in [-0.25, -0.2) is 4.79 Å². The molecule has 0 bridgehead atoms. The van der Waals surface area contributed by atoms with Crippen molar-refractivity contribution >= 4 is 41.3 Å². The fraction of sp³-hybridized carbons (Fsp3) is 0.526. The maximum atomic E-state index is 12.8. The van der Waals surface area contributed by atoms with E-state index < -0.39 is 17.5 Å². The van der Waals surface area contributed by atoms with Gasteiger partial charge < -0.3 is 10.1 Å². The molecule has 6 nitrogen and oxygen atoms in total. The van der Waals surface area contributed by atoms with Crippen molar-refractivity contribution < 1.29 is 19.1 Å². The summed E-state index contributed by atoms with van der Waals surface area (Å²) >= 11 is 7.38. The number of halogens is 1. The van der Waals surface area contributed by atoms with Gasteiger partial charge in [-0.1, -0.05) is 31.4 Å². The summed E-state index contributed by atoms with van der Waals surface area (Å²) < 4.78 is 5.19. The monoisotopic (exact) mass is 410 g/mol. The molecule has 1 saturated carbocycles.